The van der Waals surface area contributed by atoms with E-state index >= 15 is 0 Å². The lowest BCUT2D eigenvalue weighted by molar-refractivity contribution is 0.408. The molecule has 0 radical (unpaired) electrons. The molecule has 1 atom stereocenters. The fourth-order valence-electron chi connectivity index (χ4n) is 2.52. The van der Waals surface area contributed by atoms with Crippen LogP contribution in [0, 0.1) is 0 Å². The summed E-state index contributed by atoms with van der Waals surface area (Å²) in [5.74, 6) is 1.58. The van der Waals surface area contributed by atoms with Crippen LogP contribution in [0.25, 0.3) is 0 Å². The van der Waals surface area contributed by atoms with Gasteiger partial charge in [0.2, 0.25) is 0 Å². The van der Waals surface area contributed by atoms with Crippen LogP contribution in [0.4, 0.5) is 5.82 Å². The Morgan fingerprint density at radius 1 is 1.18 bits per heavy atom. The SMILES string of the molecule is c1cc(C2CCC2)nnc1NCC1CCCN1. The molecule has 2 aliphatic rings. The van der Waals surface area contributed by atoms with Gasteiger partial charge in [-0.25, -0.2) is 0 Å². The molecule has 2 heterocycles. The van der Waals surface area contributed by atoms with E-state index in [1.165, 1.54) is 37.8 Å². The second-order valence-corrected chi connectivity index (χ2v) is 5.15. The Kier molecular flexibility index (Phi) is 3.22. The van der Waals surface area contributed by atoms with Gasteiger partial charge in [0.05, 0.1) is 5.69 Å². The van der Waals surface area contributed by atoms with Crippen LogP contribution in [0.2, 0.25) is 0 Å². The Morgan fingerprint density at radius 2 is 2.12 bits per heavy atom. The summed E-state index contributed by atoms with van der Waals surface area (Å²) in [4.78, 5) is 0. The maximum atomic E-state index is 4.31. The van der Waals surface area contributed by atoms with Crippen molar-refractivity contribution in [1.82, 2.24) is 15.5 Å². The highest BCUT2D eigenvalue weighted by atomic mass is 15.2. The molecule has 0 bridgehead atoms. The largest absolute Gasteiger partial charge is 0.367 e. The summed E-state index contributed by atoms with van der Waals surface area (Å²) >= 11 is 0. The summed E-state index contributed by atoms with van der Waals surface area (Å²) in [5.41, 5.74) is 1.17. The van der Waals surface area contributed by atoms with E-state index < -0.39 is 0 Å². The van der Waals surface area contributed by atoms with Crippen molar-refractivity contribution in [2.75, 3.05) is 18.4 Å². The smallest absolute Gasteiger partial charge is 0.148 e. The van der Waals surface area contributed by atoms with E-state index in [-0.39, 0.29) is 0 Å². The van der Waals surface area contributed by atoms with Gasteiger partial charge in [-0.2, -0.15) is 5.10 Å². The minimum absolute atomic E-state index is 0.600. The van der Waals surface area contributed by atoms with Crippen LogP contribution in [0.3, 0.4) is 0 Å². The van der Waals surface area contributed by atoms with Gasteiger partial charge in [-0.1, -0.05) is 6.42 Å². The van der Waals surface area contributed by atoms with Gasteiger partial charge >= 0.3 is 0 Å². The van der Waals surface area contributed by atoms with Gasteiger partial charge in [-0.05, 0) is 44.4 Å². The average molecular weight is 232 g/mol. The van der Waals surface area contributed by atoms with Crippen LogP contribution in [0.1, 0.15) is 43.7 Å². The third kappa shape index (κ3) is 2.57. The number of rotatable bonds is 4. The molecule has 1 unspecified atom stereocenters. The van der Waals surface area contributed by atoms with Gasteiger partial charge in [0, 0.05) is 18.5 Å². The molecule has 2 N–H and O–H groups in total. The standard InChI is InChI=1S/C13H20N4/c1-3-10(4-1)12-6-7-13(17-16-12)15-9-11-5-2-8-14-11/h6-7,10-11,14H,1-5,8-9H2,(H,15,17). The van der Waals surface area contributed by atoms with Crippen LogP contribution in [-0.2, 0) is 0 Å². The number of nitrogens with one attached hydrogen (secondary N) is 2. The number of hydrogen-bond donors (Lipinski definition) is 2. The molecular formula is C13H20N4. The molecule has 4 nitrogen and oxygen atoms in total. The average Bonchev–Trinajstić information content (AvgIpc) is 2.79. The molecular weight excluding hydrogens is 212 g/mol. The third-order valence-electron chi connectivity index (χ3n) is 3.90. The summed E-state index contributed by atoms with van der Waals surface area (Å²) in [6, 6.07) is 4.79. The van der Waals surface area contributed by atoms with Gasteiger partial charge in [0.25, 0.3) is 0 Å². The Labute approximate surface area is 102 Å². The lowest BCUT2D eigenvalue weighted by atomic mass is 9.83. The second kappa shape index (κ2) is 5.00. The predicted molar refractivity (Wildman–Crippen MR) is 68.1 cm³/mol. The zero-order chi connectivity index (χ0) is 11.5. The molecule has 2 fully saturated rings. The zero-order valence-corrected chi connectivity index (χ0v) is 10.2. The molecule has 1 aliphatic heterocycles. The second-order valence-electron chi connectivity index (χ2n) is 5.15. The van der Waals surface area contributed by atoms with Crippen molar-refractivity contribution in [2.24, 2.45) is 0 Å². The van der Waals surface area contributed by atoms with Crippen molar-refractivity contribution in [3.05, 3.63) is 17.8 Å². The highest BCUT2D eigenvalue weighted by Gasteiger charge is 2.21. The van der Waals surface area contributed by atoms with Crippen molar-refractivity contribution in [1.29, 1.82) is 0 Å². The summed E-state index contributed by atoms with van der Waals surface area (Å²) in [6.45, 7) is 2.11. The first-order valence-corrected chi connectivity index (χ1v) is 6.73. The Hall–Kier alpha value is -1.16. The molecule has 1 saturated carbocycles. The lowest BCUT2D eigenvalue weighted by Gasteiger charge is -2.24. The molecule has 1 aromatic heterocycles. The maximum absolute atomic E-state index is 4.31. The molecule has 0 amide bonds. The van der Waals surface area contributed by atoms with Crippen molar-refractivity contribution < 1.29 is 0 Å². The summed E-state index contributed by atoms with van der Waals surface area (Å²) in [5, 5.41) is 15.4. The van der Waals surface area contributed by atoms with E-state index in [0.29, 0.717) is 12.0 Å². The molecule has 1 aromatic rings. The number of nitrogens with zero attached hydrogens (tertiary/aromatic N) is 2. The predicted octanol–water partition coefficient (Wildman–Crippen LogP) is 1.91. The normalized spacial score (nSPS) is 24.6. The number of hydrogen-bond acceptors (Lipinski definition) is 4. The molecule has 17 heavy (non-hydrogen) atoms. The van der Waals surface area contributed by atoms with Crippen molar-refractivity contribution >= 4 is 5.82 Å². The van der Waals surface area contributed by atoms with Gasteiger partial charge in [-0.15, -0.1) is 5.10 Å². The fraction of sp³-hybridized carbons (Fsp3) is 0.692. The maximum Gasteiger partial charge on any atom is 0.148 e. The molecule has 0 aromatic carbocycles. The van der Waals surface area contributed by atoms with Crippen LogP contribution in [0.5, 0.6) is 0 Å². The topological polar surface area (TPSA) is 49.8 Å². The summed E-state index contributed by atoms with van der Waals surface area (Å²) in [6.07, 6.45) is 6.47. The first kappa shape index (κ1) is 11.0. The summed E-state index contributed by atoms with van der Waals surface area (Å²) < 4.78 is 0. The fourth-order valence-corrected chi connectivity index (χ4v) is 2.52. The quantitative estimate of drug-likeness (QED) is 0.832. The monoisotopic (exact) mass is 232 g/mol. The molecule has 3 rings (SSSR count). The lowest BCUT2D eigenvalue weighted by Crippen LogP contribution is -2.29. The molecule has 0 spiro atoms. The van der Waals surface area contributed by atoms with Crippen LogP contribution in [-0.4, -0.2) is 29.3 Å². The number of anilines is 1. The molecule has 92 valence electrons. The van der Waals surface area contributed by atoms with Crippen molar-refractivity contribution in [3.63, 3.8) is 0 Å². The van der Waals surface area contributed by atoms with E-state index in [2.05, 4.69) is 33.0 Å². The minimum atomic E-state index is 0.600. The first-order valence-electron chi connectivity index (χ1n) is 6.73. The van der Waals surface area contributed by atoms with Gasteiger partial charge in [0.1, 0.15) is 5.82 Å². The van der Waals surface area contributed by atoms with Gasteiger partial charge in [-0.3, -0.25) is 0 Å². The van der Waals surface area contributed by atoms with Crippen molar-refractivity contribution in [2.45, 2.75) is 44.1 Å². The Balaban J connectivity index is 1.52. The first-order chi connectivity index (χ1) is 8.42. The van der Waals surface area contributed by atoms with Crippen molar-refractivity contribution in [3.8, 4) is 0 Å². The summed E-state index contributed by atoms with van der Waals surface area (Å²) in [7, 11) is 0. The van der Waals surface area contributed by atoms with Crippen LogP contribution < -0.4 is 10.6 Å². The van der Waals surface area contributed by atoms with Crippen LogP contribution >= 0.6 is 0 Å². The van der Waals surface area contributed by atoms with E-state index in [1.54, 1.807) is 0 Å². The highest BCUT2D eigenvalue weighted by Crippen LogP contribution is 2.34. The Bertz CT molecular complexity index is 352. The van der Waals surface area contributed by atoms with Gasteiger partial charge in [0.15, 0.2) is 0 Å². The van der Waals surface area contributed by atoms with E-state index in [0.717, 1.165) is 18.9 Å². The van der Waals surface area contributed by atoms with E-state index in [4.69, 9.17) is 0 Å². The van der Waals surface area contributed by atoms with E-state index in [1.807, 2.05) is 0 Å². The van der Waals surface area contributed by atoms with E-state index in [9.17, 15) is 0 Å². The molecule has 1 aliphatic carbocycles. The molecule has 1 saturated heterocycles. The number of aromatic nitrogens is 2. The zero-order valence-electron chi connectivity index (χ0n) is 10.2. The van der Waals surface area contributed by atoms with Gasteiger partial charge < -0.3 is 10.6 Å². The third-order valence-corrected chi connectivity index (χ3v) is 3.90. The minimum Gasteiger partial charge on any atom is -0.367 e. The highest BCUT2D eigenvalue weighted by molar-refractivity contribution is 5.34. The molecule has 4 heteroatoms. The van der Waals surface area contributed by atoms with Crippen LogP contribution in [0.15, 0.2) is 12.1 Å². The Morgan fingerprint density at radius 3 is 2.71 bits per heavy atom.